The Balaban J connectivity index is 1.65. The molecule has 3 rings (SSSR count). The molecule has 1 saturated carbocycles. The van der Waals surface area contributed by atoms with Gasteiger partial charge in [-0.05, 0) is 43.9 Å². The molecule has 0 bridgehead atoms. The minimum absolute atomic E-state index is 0.00986. The van der Waals surface area contributed by atoms with Crippen molar-refractivity contribution in [3.05, 3.63) is 11.8 Å². The second-order valence-corrected chi connectivity index (χ2v) is 6.71. The zero-order chi connectivity index (χ0) is 15.7. The number of carbonyl (C=O) groups is 1. The van der Waals surface area contributed by atoms with Crippen LogP contribution in [0.1, 0.15) is 48.9 Å². The third-order valence-electron chi connectivity index (χ3n) is 5.44. The number of hydrogen-bond acceptors (Lipinski definition) is 4. The Labute approximate surface area is 131 Å². The quantitative estimate of drug-likeness (QED) is 0.901. The van der Waals surface area contributed by atoms with Gasteiger partial charge in [0.1, 0.15) is 5.56 Å². The summed E-state index contributed by atoms with van der Waals surface area (Å²) in [6.07, 6.45) is 7.53. The number of carbonyl (C=O) groups excluding carboxylic acids is 1. The molecule has 6 nitrogen and oxygen atoms in total. The van der Waals surface area contributed by atoms with E-state index >= 15 is 0 Å². The number of aliphatic hydroxyl groups is 1. The molecule has 2 aliphatic rings. The summed E-state index contributed by atoms with van der Waals surface area (Å²) in [5.74, 6) is 0.529. The van der Waals surface area contributed by atoms with E-state index in [1.165, 1.54) is 0 Å². The van der Waals surface area contributed by atoms with Gasteiger partial charge >= 0.3 is 0 Å². The van der Waals surface area contributed by atoms with Crippen LogP contribution in [-0.2, 0) is 7.05 Å². The predicted octanol–water partition coefficient (Wildman–Crippen LogP) is 1.59. The maximum atomic E-state index is 12.7. The van der Waals surface area contributed by atoms with E-state index < -0.39 is 0 Å². The second kappa shape index (κ2) is 5.91. The van der Waals surface area contributed by atoms with Gasteiger partial charge < -0.3 is 14.7 Å². The van der Waals surface area contributed by atoms with Crippen molar-refractivity contribution in [2.45, 2.75) is 44.6 Å². The molecule has 1 amide bonds. The van der Waals surface area contributed by atoms with E-state index in [0.717, 1.165) is 51.6 Å². The van der Waals surface area contributed by atoms with E-state index in [0.29, 0.717) is 16.9 Å². The van der Waals surface area contributed by atoms with Gasteiger partial charge in [0.05, 0.1) is 19.4 Å². The van der Waals surface area contributed by atoms with E-state index in [1.54, 1.807) is 25.0 Å². The van der Waals surface area contributed by atoms with Crippen LogP contribution < -0.4 is 4.74 Å². The van der Waals surface area contributed by atoms with Gasteiger partial charge in [0.15, 0.2) is 0 Å². The van der Waals surface area contributed by atoms with Crippen LogP contribution in [0.2, 0.25) is 0 Å². The Morgan fingerprint density at radius 1 is 1.32 bits per heavy atom. The zero-order valence-electron chi connectivity index (χ0n) is 13.4. The number of hydrogen-bond donors (Lipinski definition) is 1. The monoisotopic (exact) mass is 307 g/mol. The number of aryl methyl sites for hydroxylation is 1. The van der Waals surface area contributed by atoms with Crippen molar-refractivity contribution in [3.63, 3.8) is 0 Å². The van der Waals surface area contributed by atoms with Gasteiger partial charge in [-0.15, -0.1) is 0 Å². The molecular weight excluding hydrogens is 282 g/mol. The fourth-order valence-electron chi connectivity index (χ4n) is 3.88. The molecular formula is C16H25N3O3. The molecule has 6 heteroatoms. The van der Waals surface area contributed by atoms with Gasteiger partial charge in [0.25, 0.3) is 5.91 Å². The Bertz CT molecular complexity index is 537. The van der Waals surface area contributed by atoms with Crippen LogP contribution in [0.15, 0.2) is 6.20 Å². The van der Waals surface area contributed by atoms with Crippen molar-refractivity contribution < 1.29 is 14.6 Å². The fourth-order valence-corrected chi connectivity index (χ4v) is 3.88. The van der Waals surface area contributed by atoms with Crippen LogP contribution >= 0.6 is 0 Å². The van der Waals surface area contributed by atoms with Gasteiger partial charge in [-0.3, -0.25) is 4.79 Å². The molecule has 2 fully saturated rings. The first-order chi connectivity index (χ1) is 10.5. The Morgan fingerprint density at radius 3 is 2.55 bits per heavy atom. The summed E-state index contributed by atoms with van der Waals surface area (Å²) >= 11 is 0. The largest absolute Gasteiger partial charge is 0.481 e. The molecule has 1 aromatic heterocycles. The first-order valence-corrected chi connectivity index (χ1v) is 8.08. The highest BCUT2D eigenvalue weighted by Crippen LogP contribution is 2.44. The molecule has 1 saturated heterocycles. The third-order valence-corrected chi connectivity index (χ3v) is 5.44. The minimum Gasteiger partial charge on any atom is -0.481 e. The smallest absolute Gasteiger partial charge is 0.260 e. The number of methoxy groups -OCH3 is 1. The Morgan fingerprint density at radius 2 is 1.95 bits per heavy atom. The molecule has 1 N–H and O–H groups in total. The van der Waals surface area contributed by atoms with Gasteiger partial charge in [-0.1, -0.05) is 0 Å². The molecule has 0 unspecified atom stereocenters. The van der Waals surface area contributed by atoms with Crippen molar-refractivity contribution >= 4 is 5.91 Å². The highest BCUT2D eigenvalue weighted by molar-refractivity contribution is 5.96. The highest BCUT2D eigenvalue weighted by Gasteiger charge is 2.39. The van der Waals surface area contributed by atoms with Gasteiger partial charge in [-0.25, -0.2) is 4.68 Å². The standard InChI is InChI=1S/C16H25N3O3/c1-18-15(22-2)13(11-17-18)14(21)19-9-7-16(8-10-19)5-3-12(20)4-6-16/h11-12,20H,3-10H2,1-2H3. The van der Waals surface area contributed by atoms with Crippen molar-refractivity contribution in [1.82, 2.24) is 14.7 Å². The Hall–Kier alpha value is -1.56. The molecule has 1 spiro atoms. The van der Waals surface area contributed by atoms with Crippen LogP contribution in [0.3, 0.4) is 0 Å². The number of nitrogens with zero attached hydrogens (tertiary/aromatic N) is 3. The lowest BCUT2D eigenvalue weighted by molar-refractivity contribution is 0.0167. The predicted molar refractivity (Wildman–Crippen MR) is 81.8 cm³/mol. The summed E-state index contributed by atoms with van der Waals surface area (Å²) in [6.45, 7) is 1.57. The molecule has 0 atom stereocenters. The van der Waals surface area contributed by atoms with Crippen molar-refractivity contribution in [1.29, 1.82) is 0 Å². The van der Waals surface area contributed by atoms with Crippen LogP contribution in [0.25, 0.3) is 0 Å². The number of ether oxygens (including phenoxy) is 1. The SMILES string of the molecule is COc1c(C(=O)N2CCC3(CCC(O)CC3)CC2)cnn1C. The number of piperidine rings is 1. The lowest BCUT2D eigenvalue weighted by Crippen LogP contribution is -2.45. The van der Waals surface area contributed by atoms with E-state index in [1.807, 2.05) is 4.90 Å². The summed E-state index contributed by atoms with van der Waals surface area (Å²) in [5.41, 5.74) is 0.884. The van der Waals surface area contributed by atoms with Crippen LogP contribution in [-0.4, -0.2) is 52.0 Å². The van der Waals surface area contributed by atoms with Crippen LogP contribution in [0.5, 0.6) is 5.88 Å². The summed E-state index contributed by atoms with van der Waals surface area (Å²) in [4.78, 5) is 14.6. The first-order valence-electron chi connectivity index (χ1n) is 8.08. The van der Waals surface area contributed by atoms with E-state index in [9.17, 15) is 9.90 Å². The number of likely N-dealkylation sites (tertiary alicyclic amines) is 1. The molecule has 1 aliphatic carbocycles. The topological polar surface area (TPSA) is 67.6 Å². The van der Waals surface area contributed by atoms with Gasteiger partial charge in [-0.2, -0.15) is 5.10 Å². The van der Waals surface area contributed by atoms with Crippen molar-refractivity contribution in [2.75, 3.05) is 20.2 Å². The minimum atomic E-state index is -0.120. The highest BCUT2D eigenvalue weighted by atomic mass is 16.5. The van der Waals surface area contributed by atoms with E-state index in [-0.39, 0.29) is 12.0 Å². The summed E-state index contributed by atoms with van der Waals surface area (Å²) in [6, 6.07) is 0. The van der Waals surface area contributed by atoms with Crippen molar-refractivity contribution in [3.8, 4) is 5.88 Å². The first kappa shape index (κ1) is 15.3. The maximum Gasteiger partial charge on any atom is 0.260 e. The maximum absolute atomic E-state index is 12.7. The third kappa shape index (κ3) is 2.72. The second-order valence-electron chi connectivity index (χ2n) is 6.71. The molecule has 0 aromatic carbocycles. The molecule has 2 heterocycles. The molecule has 1 aromatic rings. The average Bonchev–Trinajstić information content (AvgIpc) is 2.91. The number of rotatable bonds is 2. The average molecular weight is 307 g/mol. The van der Waals surface area contributed by atoms with Crippen molar-refractivity contribution in [2.24, 2.45) is 12.5 Å². The normalized spacial score (nSPS) is 22.0. The van der Waals surface area contributed by atoms with Gasteiger partial charge in [0, 0.05) is 20.1 Å². The molecule has 122 valence electrons. The number of aromatic nitrogens is 2. The summed E-state index contributed by atoms with van der Waals surface area (Å²) in [7, 11) is 3.33. The van der Waals surface area contributed by atoms with E-state index in [2.05, 4.69) is 5.10 Å². The van der Waals surface area contributed by atoms with Gasteiger partial charge in [0.2, 0.25) is 5.88 Å². The van der Waals surface area contributed by atoms with Crippen LogP contribution in [0, 0.1) is 5.41 Å². The molecule has 22 heavy (non-hydrogen) atoms. The lowest BCUT2D eigenvalue weighted by atomic mass is 9.67. The lowest BCUT2D eigenvalue weighted by Gasteiger charge is -2.45. The number of aliphatic hydroxyl groups excluding tert-OH is 1. The number of amides is 1. The fraction of sp³-hybridized carbons (Fsp3) is 0.750. The van der Waals surface area contributed by atoms with Crippen LogP contribution in [0.4, 0.5) is 0 Å². The molecule has 0 radical (unpaired) electrons. The summed E-state index contributed by atoms with van der Waals surface area (Å²) in [5, 5.41) is 13.8. The zero-order valence-corrected chi connectivity index (χ0v) is 13.4. The molecule has 1 aliphatic heterocycles. The summed E-state index contributed by atoms with van der Waals surface area (Å²) < 4.78 is 6.86. The van der Waals surface area contributed by atoms with E-state index in [4.69, 9.17) is 4.74 Å². The Kier molecular flexibility index (Phi) is 4.12.